The minimum absolute atomic E-state index is 0.0110. The number of nitrogens with zero attached hydrogens (tertiary/aromatic N) is 3. The number of aliphatic hydroxyl groups excluding tert-OH is 1. The van der Waals surface area contributed by atoms with Crippen LogP contribution in [0.5, 0.6) is 0 Å². The van der Waals surface area contributed by atoms with E-state index in [1.54, 1.807) is 12.4 Å². The number of aromatic amines is 1. The molecule has 47 heavy (non-hydrogen) atoms. The van der Waals surface area contributed by atoms with E-state index in [0.717, 1.165) is 52.5 Å². The third-order valence-corrected chi connectivity index (χ3v) is 12.6. The van der Waals surface area contributed by atoms with Gasteiger partial charge in [0.25, 0.3) is 0 Å². The van der Waals surface area contributed by atoms with Gasteiger partial charge in [-0.15, -0.1) is 16.4 Å². The number of rotatable bonds is 6. The van der Waals surface area contributed by atoms with Crippen molar-refractivity contribution >= 4 is 39.0 Å². The molecule has 0 spiro atoms. The molecular weight excluding hydrogens is 625 g/mol. The average Bonchev–Trinajstić information content (AvgIpc) is 3.80. The van der Waals surface area contributed by atoms with Gasteiger partial charge in [-0.05, 0) is 105 Å². The quantitative estimate of drug-likeness (QED) is 0.0954. The third kappa shape index (κ3) is 6.34. The van der Waals surface area contributed by atoms with Gasteiger partial charge >= 0.3 is 0 Å². The SMILES string of the molecule is CC1=CCCC2(C)C(CCC2(O)CSc2n[nH]c(-c3ccncc3)n2)c2ccc(cc2C(=O)c2cc3ccccc3s2)CC(O)CC1. The lowest BCUT2D eigenvalue weighted by molar-refractivity contribution is -0.0422. The molecule has 0 saturated heterocycles. The summed E-state index contributed by atoms with van der Waals surface area (Å²) in [6.45, 7) is 4.35. The lowest BCUT2D eigenvalue weighted by atomic mass is 9.65. The fourth-order valence-electron chi connectivity index (χ4n) is 7.53. The molecule has 4 atom stereocenters. The Morgan fingerprint density at radius 3 is 2.74 bits per heavy atom. The molecule has 2 aromatic carbocycles. The van der Waals surface area contributed by atoms with Gasteiger partial charge in [0.2, 0.25) is 10.9 Å². The molecule has 9 heteroatoms. The maximum Gasteiger partial charge on any atom is 0.208 e. The van der Waals surface area contributed by atoms with Gasteiger partial charge in [0.15, 0.2) is 5.82 Å². The zero-order valence-corrected chi connectivity index (χ0v) is 28.4. The highest BCUT2D eigenvalue weighted by molar-refractivity contribution is 7.99. The second kappa shape index (κ2) is 13.1. The van der Waals surface area contributed by atoms with E-state index < -0.39 is 17.1 Å². The average molecular weight is 665 g/mol. The van der Waals surface area contributed by atoms with Crippen molar-refractivity contribution in [2.45, 2.75) is 81.6 Å². The van der Waals surface area contributed by atoms with Crippen molar-refractivity contribution in [3.8, 4) is 11.4 Å². The number of thioether (sulfide) groups is 1. The fourth-order valence-corrected chi connectivity index (χ4v) is 9.66. The molecular formula is C38H40N4O3S2. The Morgan fingerprint density at radius 2 is 1.91 bits per heavy atom. The maximum absolute atomic E-state index is 14.4. The molecule has 0 aliphatic heterocycles. The van der Waals surface area contributed by atoms with Crippen molar-refractivity contribution < 1.29 is 15.0 Å². The van der Waals surface area contributed by atoms with Crippen LogP contribution in [0.25, 0.3) is 21.5 Å². The number of aromatic nitrogens is 4. The number of ketones is 1. The molecule has 7 nitrogen and oxygen atoms in total. The Kier molecular flexibility index (Phi) is 8.91. The van der Waals surface area contributed by atoms with E-state index in [1.807, 2.05) is 42.5 Å². The number of thiophene rings is 1. The Hall–Kier alpha value is -3.63. The molecule has 5 aromatic rings. The predicted molar refractivity (Wildman–Crippen MR) is 189 cm³/mol. The van der Waals surface area contributed by atoms with Crippen molar-refractivity contribution in [3.05, 3.63) is 106 Å². The van der Waals surface area contributed by atoms with Gasteiger partial charge in [-0.25, -0.2) is 4.98 Å². The standard InChI is InChI=1S/C38H40N4O3S2/c1-24-6-5-16-37(2)31(13-17-38(37,45)23-46-36-40-35(41-42-36)26-14-18-39-19-15-26)29-12-10-25(20-28(43)11-9-24)21-30(29)34(44)33-22-27-7-3-4-8-32(27)47-33/h3-4,6-8,10,12,14-15,18-19,21-22,28,31,43,45H,5,9,11,13,16-17,20,23H2,1-2H3,(H,40,41,42). The fraction of sp³-hybridized carbons (Fsp3) is 0.368. The summed E-state index contributed by atoms with van der Waals surface area (Å²) in [6.07, 6.45) is 10.2. The molecule has 0 radical (unpaired) electrons. The molecule has 8 rings (SSSR count). The zero-order valence-electron chi connectivity index (χ0n) is 26.8. The number of pyridine rings is 1. The second-order valence-corrected chi connectivity index (χ2v) is 15.4. The summed E-state index contributed by atoms with van der Waals surface area (Å²) in [5.74, 6) is 1.10. The van der Waals surface area contributed by atoms with E-state index >= 15 is 0 Å². The Balaban J connectivity index is 1.25. The molecule has 3 N–H and O–H groups in total. The molecule has 1 fully saturated rings. The van der Waals surface area contributed by atoms with Crippen LogP contribution in [0, 0.1) is 5.41 Å². The number of aliphatic hydroxyl groups is 2. The lowest BCUT2D eigenvalue weighted by Crippen LogP contribution is -2.46. The number of benzene rings is 2. The number of allylic oxidation sites excluding steroid dienone is 2. The summed E-state index contributed by atoms with van der Waals surface area (Å²) in [4.78, 5) is 23.9. The Labute approximate surface area is 283 Å². The summed E-state index contributed by atoms with van der Waals surface area (Å²) in [7, 11) is 0. The topological polar surface area (TPSA) is 112 Å². The van der Waals surface area contributed by atoms with E-state index in [1.165, 1.54) is 28.7 Å². The van der Waals surface area contributed by atoms with E-state index in [0.29, 0.717) is 46.4 Å². The van der Waals surface area contributed by atoms with Gasteiger partial charge in [0.05, 0.1) is 16.6 Å². The highest BCUT2D eigenvalue weighted by Crippen LogP contribution is 2.59. The number of hydrogen-bond acceptors (Lipinski definition) is 8. The summed E-state index contributed by atoms with van der Waals surface area (Å²) >= 11 is 3.00. The number of nitrogens with one attached hydrogen (secondary N) is 1. The second-order valence-electron chi connectivity index (χ2n) is 13.4. The number of carbonyl (C=O) groups excluding carboxylic acids is 1. The Bertz CT molecular complexity index is 1900. The normalized spacial score (nSPS) is 25.0. The van der Waals surface area contributed by atoms with Crippen molar-refractivity contribution in [2.24, 2.45) is 5.41 Å². The molecule has 1 saturated carbocycles. The summed E-state index contributed by atoms with van der Waals surface area (Å²) in [5.41, 5.74) is 3.29. The summed E-state index contributed by atoms with van der Waals surface area (Å²) < 4.78 is 1.09. The minimum atomic E-state index is -1.01. The van der Waals surface area contributed by atoms with Crippen LogP contribution in [0.4, 0.5) is 0 Å². The van der Waals surface area contributed by atoms with Crippen LogP contribution in [-0.2, 0) is 6.42 Å². The first-order chi connectivity index (χ1) is 22.7. The first-order valence-corrected chi connectivity index (χ1v) is 18.2. The van der Waals surface area contributed by atoms with Crippen LogP contribution in [0.15, 0.2) is 89.9 Å². The Morgan fingerprint density at radius 1 is 1.09 bits per heavy atom. The summed E-state index contributed by atoms with van der Waals surface area (Å²) in [6, 6.07) is 20.1. The van der Waals surface area contributed by atoms with Gasteiger partial charge in [-0.2, -0.15) is 0 Å². The lowest BCUT2D eigenvalue weighted by Gasteiger charge is -2.44. The van der Waals surface area contributed by atoms with Crippen LogP contribution in [0.2, 0.25) is 0 Å². The predicted octanol–water partition coefficient (Wildman–Crippen LogP) is 8.14. The van der Waals surface area contributed by atoms with Crippen molar-refractivity contribution in [1.82, 2.24) is 20.2 Å². The molecule has 242 valence electrons. The van der Waals surface area contributed by atoms with Gasteiger partial charge in [0.1, 0.15) is 0 Å². The van der Waals surface area contributed by atoms with Crippen LogP contribution in [-0.4, -0.2) is 53.6 Å². The maximum atomic E-state index is 14.4. The molecule has 4 unspecified atom stereocenters. The number of H-pyrrole nitrogens is 1. The van der Waals surface area contributed by atoms with Crippen LogP contribution in [0.1, 0.15) is 84.7 Å². The van der Waals surface area contributed by atoms with Crippen LogP contribution in [0.3, 0.4) is 0 Å². The van der Waals surface area contributed by atoms with Crippen LogP contribution >= 0.6 is 23.1 Å². The van der Waals surface area contributed by atoms with Crippen molar-refractivity contribution in [3.63, 3.8) is 0 Å². The van der Waals surface area contributed by atoms with Crippen LogP contribution < -0.4 is 0 Å². The minimum Gasteiger partial charge on any atom is -0.393 e. The zero-order chi connectivity index (χ0) is 32.6. The van der Waals surface area contributed by atoms with E-state index in [4.69, 9.17) is 4.98 Å². The highest BCUT2D eigenvalue weighted by atomic mass is 32.2. The number of carbonyl (C=O) groups is 1. The third-order valence-electron chi connectivity index (χ3n) is 10.4. The molecule has 3 heterocycles. The highest BCUT2D eigenvalue weighted by Gasteiger charge is 2.56. The van der Waals surface area contributed by atoms with Gasteiger partial charge in [0, 0.05) is 39.4 Å². The molecule has 2 bridgehead atoms. The number of hydrogen-bond donors (Lipinski definition) is 3. The van der Waals surface area contributed by atoms with Gasteiger partial charge in [-0.3, -0.25) is 14.9 Å². The molecule has 3 aliphatic carbocycles. The molecule has 0 amide bonds. The van der Waals surface area contributed by atoms with Crippen molar-refractivity contribution in [1.29, 1.82) is 0 Å². The number of fused-ring (bicyclic) bond motifs is 9. The van der Waals surface area contributed by atoms with E-state index in [9.17, 15) is 15.0 Å². The first kappa shape index (κ1) is 31.9. The summed E-state index contributed by atoms with van der Waals surface area (Å²) in [5, 5.41) is 32.7. The monoisotopic (exact) mass is 664 g/mol. The largest absolute Gasteiger partial charge is 0.393 e. The molecule has 3 aromatic heterocycles. The van der Waals surface area contributed by atoms with E-state index in [-0.39, 0.29) is 11.7 Å². The van der Waals surface area contributed by atoms with Crippen molar-refractivity contribution in [2.75, 3.05) is 5.75 Å². The smallest absolute Gasteiger partial charge is 0.208 e. The van der Waals surface area contributed by atoms with Gasteiger partial charge < -0.3 is 10.2 Å². The first-order valence-electron chi connectivity index (χ1n) is 16.4. The van der Waals surface area contributed by atoms with E-state index in [2.05, 4.69) is 53.3 Å². The van der Waals surface area contributed by atoms with Gasteiger partial charge in [-0.1, -0.05) is 60.7 Å². The molecule has 3 aliphatic rings.